The van der Waals surface area contributed by atoms with Gasteiger partial charge in [0.1, 0.15) is 11.6 Å². The van der Waals surface area contributed by atoms with E-state index in [4.69, 9.17) is 0 Å². The quantitative estimate of drug-likeness (QED) is 0.840. The van der Waals surface area contributed by atoms with Crippen molar-refractivity contribution in [3.05, 3.63) is 11.6 Å². The first kappa shape index (κ1) is 14.2. The lowest BCUT2D eigenvalue weighted by atomic mass is 9.85. The molecule has 6 heteroatoms. The van der Waals surface area contributed by atoms with Gasteiger partial charge in [-0.3, -0.25) is 9.69 Å². The molecule has 120 valence electrons. The summed E-state index contributed by atoms with van der Waals surface area (Å²) in [6, 6.07) is 0.357. The van der Waals surface area contributed by atoms with Gasteiger partial charge in [-0.05, 0) is 32.2 Å². The summed E-state index contributed by atoms with van der Waals surface area (Å²) in [5.41, 5.74) is 0. The first-order valence-electron chi connectivity index (χ1n) is 8.52. The number of nitrogens with zero attached hydrogens (tertiary/aromatic N) is 5. The largest absolute Gasteiger partial charge is 0.344 e. The summed E-state index contributed by atoms with van der Waals surface area (Å²) < 4.78 is 2.19. The molecule has 0 unspecified atom stereocenters. The Morgan fingerprint density at radius 1 is 1.14 bits per heavy atom. The molecular weight excluding hydrogens is 278 g/mol. The average molecular weight is 303 g/mol. The van der Waals surface area contributed by atoms with E-state index in [0.29, 0.717) is 17.9 Å². The number of amides is 1. The fourth-order valence-electron chi connectivity index (χ4n) is 4.22. The average Bonchev–Trinajstić information content (AvgIpc) is 2.94. The van der Waals surface area contributed by atoms with Gasteiger partial charge in [0.2, 0.25) is 5.91 Å². The maximum atomic E-state index is 12.2. The summed E-state index contributed by atoms with van der Waals surface area (Å²) in [7, 11) is 4.02. The third-order valence-electron chi connectivity index (χ3n) is 5.86. The minimum atomic E-state index is 0.193. The highest BCUT2D eigenvalue weighted by Crippen LogP contribution is 2.36. The SMILES string of the molecule is CN1C[C@@H]2[C@@H](CCCN2Cc2nnc(C3CCC3)n2C)C1=O. The van der Waals surface area contributed by atoms with Gasteiger partial charge in [-0.1, -0.05) is 6.42 Å². The molecular formula is C16H25N5O. The Kier molecular flexibility index (Phi) is 3.44. The molecule has 0 N–H and O–H groups in total. The molecule has 0 bridgehead atoms. The van der Waals surface area contributed by atoms with Crippen LogP contribution in [0.25, 0.3) is 0 Å². The molecule has 22 heavy (non-hydrogen) atoms. The van der Waals surface area contributed by atoms with Crippen molar-refractivity contribution in [2.24, 2.45) is 13.0 Å². The number of likely N-dealkylation sites (tertiary alicyclic amines) is 2. The molecule has 3 fully saturated rings. The molecule has 3 aliphatic rings. The second-order valence-corrected chi connectivity index (χ2v) is 7.17. The number of aromatic nitrogens is 3. The van der Waals surface area contributed by atoms with Crippen LogP contribution >= 0.6 is 0 Å². The molecule has 2 aliphatic heterocycles. The maximum absolute atomic E-state index is 12.2. The van der Waals surface area contributed by atoms with Gasteiger partial charge in [-0.25, -0.2) is 0 Å². The molecule has 1 aliphatic carbocycles. The van der Waals surface area contributed by atoms with Gasteiger partial charge in [-0.15, -0.1) is 10.2 Å². The number of hydrogen-bond donors (Lipinski definition) is 0. The van der Waals surface area contributed by atoms with Crippen molar-refractivity contribution in [1.29, 1.82) is 0 Å². The highest BCUT2D eigenvalue weighted by Gasteiger charge is 2.43. The molecule has 3 heterocycles. The van der Waals surface area contributed by atoms with Gasteiger partial charge in [0.25, 0.3) is 0 Å². The summed E-state index contributed by atoms with van der Waals surface area (Å²) in [4.78, 5) is 16.6. The zero-order valence-electron chi connectivity index (χ0n) is 13.5. The topological polar surface area (TPSA) is 54.3 Å². The van der Waals surface area contributed by atoms with Gasteiger partial charge in [0, 0.05) is 32.6 Å². The van der Waals surface area contributed by atoms with E-state index in [2.05, 4.69) is 26.7 Å². The highest BCUT2D eigenvalue weighted by atomic mass is 16.2. The van der Waals surface area contributed by atoms with Crippen molar-refractivity contribution in [3.8, 4) is 0 Å². The minimum absolute atomic E-state index is 0.193. The molecule has 1 amide bonds. The number of hydrogen-bond acceptors (Lipinski definition) is 4. The normalized spacial score (nSPS) is 29.7. The first-order chi connectivity index (χ1) is 10.6. The molecule has 6 nitrogen and oxygen atoms in total. The van der Waals surface area contributed by atoms with Crippen LogP contribution in [0.1, 0.15) is 49.7 Å². The Bertz CT molecular complexity index is 579. The van der Waals surface area contributed by atoms with E-state index in [1.54, 1.807) is 0 Å². The highest BCUT2D eigenvalue weighted by molar-refractivity contribution is 5.81. The van der Waals surface area contributed by atoms with Gasteiger partial charge in [-0.2, -0.15) is 0 Å². The van der Waals surface area contributed by atoms with Crippen LogP contribution in [-0.4, -0.2) is 56.7 Å². The number of piperidine rings is 1. The summed E-state index contributed by atoms with van der Waals surface area (Å²) in [6.45, 7) is 2.74. The van der Waals surface area contributed by atoms with Crippen molar-refractivity contribution in [3.63, 3.8) is 0 Å². The number of likely N-dealkylation sites (N-methyl/N-ethyl adjacent to an activating group) is 1. The summed E-state index contributed by atoms with van der Waals surface area (Å²) in [5.74, 6) is 3.32. The van der Waals surface area contributed by atoms with Gasteiger partial charge in [0.15, 0.2) is 0 Å². The lowest BCUT2D eigenvalue weighted by molar-refractivity contribution is -0.130. The van der Waals surface area contributed by atoms with Gasteiger partial charge in [0.05, 0.1) is 12.5 Å². The molecule has 0 radical (unpaired) electrons. The smallest absolute Gasteiger partial charge is 0.227 e. The standard InChI is InChI=1S/C16H25N5O/c1-19-9-13-12(16(19)22)7-4-8-21(13)10-14-17-18-15(20(14)2)11-5-3-6-11/h11-13H,3-10H2,1-2H3/t12-,13-/m1/s1. The van der Waals surface area contributed by atoms with Crippen LogP contribution in [0.2, 0.25) is 0 Å². The Balaban J connectivity index is 1.51. The van der Waals surface area contributed by atoms with Crippen LogP contribution in [0.15, 0.2) is 0 Å². The monoisotopic (exact) mass is 303 g/mol. The van der Waals surface area contributed by atoms with Crippen molar-refractivity contribution in [1.82, 2.24) is 24.6 Å². The molecule has 1 aromatic heterocycles. The van der Waals surface area contributed by atoms with E-state index in [0.717, 1.165) is 44.1 Å². The van der Waals surface area contributed by atoms with E-state index in [9.17, 15) is 4.79 Å². The number of carbonyl (C=O) groups excluding carboxylic acids is 1. The van der Waals surface area contributed by atoms with Crippen LogP contribution in [0.4, 0.5) is 0 Å². The summed E-state index contributed by atoms with van der Waals surface area (Å²) >= 11 is 0. The third kappa shape index (κ3) is 2.16. The zero-order chi connectivity index (χ0) is 15.3. The lowest BCUT2D eigenvalue weighted by Crippen LogP contribution is -2.45. The predicted molar refractivity (Wildman–Crippen MR) is 82.2 cm³/mol. The van der Waals surface area contributed by atoms with E-state index in [-0.39, 0.29) is 5.92 Å². The summed E-state index contributed by atoms with van der Waals surface area (Å²) in [5, 5.41) is 8.87. The van der Waals surface area contributed by atoms with E-state index in [1.165, 1.54) is 19.3 Å². The summed E-state index contributed by atoms with van der Waals surface area (Å²) in [6.07, 6.45) is 5.96. The number of rotatable bonds is 3. The molecule has 2 saturated heterocycles. The van der Waals surface area contributed by atoms with E-state index >= 15 is 0 Å². The maximum Gasteiger partial charge on any atom is 0.227 e. The van der Waals surface area contributed by atoms with Crippen molar-refractivity contribution >= 4 is 5.91 Å². The second kappa shape index (κ2) is 5.33. The van der Waals surface area contributed by atoms with Crippen molar-refractivity contribution < 1.29 is 4.79 Å². The van der Waals surface area contributed by atoms with Crippen LogP contribution in [0.3, 0.4) is 0 Å². The minimum Gasteiger partial charge on any atom is -0.344 e. The Morgan fingerprint density at radius 2 is 1.95 bits per heavy atom. The zero-order valence-corrected chi connectivity index (χ0v) is 13.5. The third-order valence-corrected chi connectivity index (χ3v) is 5.86. The molecule has 1 aromatic rings. The van der Waals surface area contributed by atoms with Crippen LogP contribution in [0, 0.1) is 5.92 Å². The fraction of sp³-hybridized carbons (Fsp3) is 0.812. The predicted octanol–water partition coefficient (Wildman–Crippen LogP) is 1.14. The molecule has 1 saturated carbocycles. The molecule has 2 atom stereocenters. The van der Waals surface area contributed by atoms with Crippen molar-refractivity contribution in [2.75, 3.05) is 20.1 Å². The van der Waals surface area contributed by atoms with Gasteiger partial charge >= 0.3 is 0 Å². The first-order valence-corrected chi connectivity index (χ1v) is 8.52. The Hall–Kier alpha value is -1.43. The molecule has 0 spiro atoms. The van der Waals surface area contributed by atoms with Crippen molar-refractivity contribution in [2.45, 2.75) is 50.6 Å². The van der Waals surface area contributed by atoms with Gasteiger partial charge < -0.3 is 9.47 Å². The van der Waals surface area contributed by atoms with Crippen LogP contribution in [-0.2, 0) is 18.4 Å². The molecule has 0 aromatic carbocycles. The lowest BCUT2D eigenvalue weighted by Gasteiger charge is -2.35. The molecule has 4 rings (SSSR count). The Labute approximate surface area is 131 Å². The number of fused-ring (bicyclic) bond motifs is 1. The van der Waals surface area contributed by atoms with E-state index in [1.807, 2.05) is 11.9 Å². The number of carbonyl (C=O) groups is 1. The fourth-order valence-corrected chi connectivity index (χ4v) is 4.22. The Morgan fingerprint density at radius 3 is 2.68 bits per heavy atom. The van der Waals surface area contributed by atoms with E-state index < -0.39 is 0 Å². The second-order valence-electron chi connectivity index (χ2n) is 7.17. The van der Waals surface area contributed by atoms with Crippen LogP contribution < -0.4 is 0 Å². The van der Waals surface area contributed by atoms with Crippen LogP contribution in [0.5, 0.6) is 0 Å².